The predicted octanol–water partition coefficient (Wildman–Crippen LogP) is 3.51. The van der Waals surface area contributed by atoms with Crippen LogP contribution < -0.4 is 9.47 Å². The molecule has 6 nitrogen and oxygen atoms in total. The minimum absolute atomic E-state index is 0.269. The molecule has 0 amide bonds. The first-order chi connectivity index (χ1) is 11.8. The van der Waals surface area contributed by atoms with Crippen molar-refractivity contribution >= 4 is 35.1 Å². The highest BCUT2D eigenvalue weighted by Crippen LogP contribution is 2.30. The largest absolute Gasteiger partial charge is 0.482 e. The van der Waals surface area contributed by atoms with E-state index in [1.807, 2.05) is 0 Å². The number of carboxylic acid groups (broad SMARTS) is 2. The molecular formula is C17H14Cl2O6. The molecule has 2 N–H and O–H groups in total. The zero-order valence-electron chi connectivity index (χ0n) is 12.9. The van der Waals surface area contributed by atoms with Crippen LogP contribution in [0.3, 0.4) is 0 Å². The second-order valence-electron chi connectivity index (χ2n) is 5.05. The number of carboxylic acids is 2. The number of aliphatic carboxylic acids is 2. The lowest BCUT2D eigenvalue weighted by Crippen LogP contribution is -2.12. The fourth-order valence-electron chi connectivity index (χ4n) is 2.14. The van der Waals surface area contributed by atoms with Crippen LogP contribution in [0, 0.1) is 0 Å². The molecule has 0 aromatic heterocycles. The fraction of sp³-hybridized carbons (Fsp3) is 0.176. The van der Waals surface area contributed by atoms with Crippen molar-refractivity contribution in [3.8, 4) is 11.5 Å². The topological polar surface area (TPSA) is 93.1 Å². The normalized spacial score (nSPS) is 10.3. The third-order valence-electron chi connectivity index (χ3n) is 3.13. The Morgan fingerprint density at radius 3 is 1.56 bits per heavy atom. The third-order valence-corrected chi connectivity index (χ3v) is 3.60. The Labute approximate surface area is 153 Å². The average Bonchev–Trinajstić information content (AvgIpc) is 2.53. The third kappa shape index (κ3) is 5.85. The minimum Gasteiger partial charge on any atom is -0.482 e. The van der Waals surface area contributed by atoms with Crippen LogP contribution in [0.15, 0.2) is 36.4 Å². The van der Waals surface area contributed by atoms with Crippen LogP contribution in [-0.2, 0) is 16.0 Å². The first kappa shape index (κ1) is 18.9. The molecular weight excluding hydrogens is 371 g/mol. The van der Waals surface area contributed by atoms with E-state index in [1.165, 1.54) is 0 Å². The summed E-state index contributed by atoms with van der Waals surface area (Å²) in [6, 6.07) is 9.59. The summed E-state index contributed by atoms with van der Waals surface area (Å²) in [5.74, 6) is -1.49. The van der Waals surface area contributed by atoms with E-state index >= 15 is 0 Å². The Balaban J connectivity index is 2.31. The van der Waals surface area contributed by atoms with E-state index in [-0.39, 0.29) is 6.42 Å². The molecule has 0 spiro atoms. The van der Waals surface area contributed by atoms with Crippen molar-refractivity contribution in [3.05, 3.63) is 57.6 Å². The van der Waals surface area contributed by atoms with E-state index in [0.717, 1.165) is 0 Å². The van der Waals surface area contributed by atoms with Crippen molar-refractivity contribution in [3.63, 3.8) is 0 Å². The highest BCUT2D eigenvalue weighted by Gasteiger charge is 2.13. The molecule has 0 fully saturated rings. The van der Waals surface area contributed by atoms with Gasteiger partial charge in [0.2, 0.25) is 0 Å². The molecule has 0 saturated carbocycles. The molecule has 132 valence electrons. The SMILES string of the molecule is O=C(O)COc1ccc(Cl)cc1Cc1cc(Cl)ccc1OCC(=O)O. The van der Waals surface area contributed by atoms with E-state index in [2.05, 4.69) is 0 Å². The molecule has 0 aliphatic carbocycles. The first-order valence-corrected chi connectivity index (χ1v) is 7.87. The number of hydrogen-bond acceptors (Lipinski definition) is 4. The standard InChI is InChI=1S/C17H14Cl2O6/c18-12-1-3-14(24-8-16(20)21)10(6-12)5-11-7-13(19)2-4-15(11)25-9-17(22)23/h1-4,6-7H,5,8-9H2,(H,20,21)(H,22,23). The molecule has 0 unspecified atom stereocenters. The van der Waals surface area contributed by atoms with Crippen LogP contribution >= 0.6 is 23.2 Å². The van der Waals surface area contributed by atoms with Gasteiger partial charge in [-0.2, -0.15) is 0 Å². The van der Waals surface area contributed by atoms with Gasteiger partial charge in [-0.3, -0.25) is 0 Å². The highest BCUT2D eigenvalue weighted by molar-refractivity contribution is 6.31. The fourth-order valence-corrected chi connectivity index (χ4v) is 2.53. The van der Waals surface area contributed by atoms with Gasteiger partial charge in [0.1, 0.15) is 11.5 Å². The van der Waals surface area contributed by atoms with Crippen molar-refractivity contribution in [1.29, 1.82) is 0 Å². The quantitative estimate of drug-likeness (QED) is 0.723. The molecule has 2 aromatic rings. The van der Waals surface area contributed by atoms with E-state index in [4.69, 9.17) is 42.9 Å². The summed E-state index contributed by atoms with van der Waals surface area (Å²) in [5.41, 5.74) is 1.24. The Kier molecular flexibility index (Phi) is 6.50. The maximum Gasteiger partial charge on any atom is 0.341 e. The molecule has 0 heterocycles. The number of hydrogen-bond donors (Lipinski definition) is 2. The Morgan fingerprint density at radius 2 is 1.20 bits per heavy atom. The summed E-state index contributed by atoms with van der Waals surface area (Å²) in [6.07, 6.45) is 0.269. The van der Waals surface area contributed by atoms with Crippen LogP contribution in [0.2, 0.25) is 10.0 Å². The molecule has 2 rings (SSSR count). The number of ether oxygens (including phenoxy) is 2. The number of benzene rings is 2. The van der Waals surface area contributed by atoms with Gasteiger partial charge in [0, 0.05) is 27.6 Å². The maximum atomic E-state index is 10.7. The molecule has 0 aliphatic rings. The van der Waals surface area contributed by atoms with Crippen molar-refractivity contribution in [2.75, 3.05) is 13.2 Å². The van der Waals surface area contributed by atoms with Crippen LogP contribution in [0.1, 0.15) is 11.1 Å². The summed E-state index contributed by atoms with van der Waals surface area (Å²) in [6.45, 7) is -0.987. The van der Waals surface area contributed by atoms with Crippen molar-refractivity contribution in [2.24, 2.45) is 0 Å². The van der Waals surface area contributed by atoms with Crippen molar-refractivity contribution < 1.29 is 29.3 Å². The van der Waals surface area contributed by atoms with Gasteiger partial charge in [-0.05, 0) is 36.4 Å². The monoisotopic (exact) mass is 384 g/mol. The van der Waals surface area contributed by atoms with Crippen molar-refractivity contribution in [2.45, 2.75) is 6.42 Å². The summed E-state index contributed by atoms with van der Waals surface area (Å²) in [4.78, 5) is 21.4. The molecule has 8 heteroatoms. The first-order valence-electron chi connectivity index (χ1n) is 7.11. The van der Waals surface area contributed by atoms with Gasteiger partial charge < -0.3 is 19.7 Å². The molecule has 25 heavy (non-hydrogen) atoms. The molecule has 0 saturated heterocycles. The highest BCUT2D eigenvalue weighted by atomic mass is 35.5. The second-order valence-corrected chi connectivity index (χ2v) is 5.92. The molecule has 0 bridgehead atoms. The van der Waals surface area contributed by atoms with Gasteiger partial charge in [-0.1, -0.05) is 23.2 Å². The van der Waals surface area contributed by atoms with Gasteiger partial charge in [0.05, 0.1) is 0 Å². The maximum absolute atomic E-state index is 10.7. The van der Waals surface area contributed by atoms with Gasteiger partial charge in [0.15, 0.2) is 13.2 Å². The van der Waals surface area contributed by atoms with Crippen LogP contribution in [-0.4, -0.2) is 35.4 Å². The molecule has 2 aromatic carbocycles. The van der Waals surface area contributed by atoms with Gasteiger partial charge >= 0.3 is 11.9 Å². The van der Waals surface area contributed by atoms with E-state index in [1.54, 1.807) is 36.4 Å². The van der Waals surface area contributed by atoms with Crippen molar-refractivity contribution in [1.82, 2.24) is 0 Å². The lowest BCUT2D eigenvalue weighted by atomic mass is 10.0. The van der Waals surface area contributed by atoms with Crippen LogP contribution in [0.4, 0.5) is 0 Å². The Morgan fingerprint density at radius 1 is 0.800 bits per heavy atom. The van der Waals surface area contributed by atoms with Gasteiger partial charge in [-0.25, -0.2) is 9.59 Å². The lowest BCUT2D eigenvalue weighted by molar-refractivity contribution is -0.140. The number of rotatable bonds is 8. The lowest BCUT2D eigenvalue weighted by Gasteiger charge is -2.14. The van der Waals surface area contributed by atoms with E-state index in [0.29, 0.717) is 32.7 Å². The summed E-state index contributed by atoms with van der Waals surface area (Å²) in [5, 5.41) is 18.4. The predicted molar refractivity (Wildman–Crippen MR) is 92.0 cm³/mol. The molecule has 0 aliphatic heterocycles. The minimum atomic E-state index is -1.10. The Hall–Kier alpha value is -2.44. The number of halogens is 2. The number of carbonyl (C=O) groups is 2. The zero-order chi connectivity index (χ0) is 18.4. The van der Waals surface area contributed by atoms with Gasteiger partial charge in [0.25, 0.3) is 0 Å². The zero-order valence-corrected chi connectivity index (χ0v) is 14.4. The summed E-state index contributed by atoms with van der Waals surface area (Å²) < 4.78 is 10.5. The van der Waals surface area contributed by atoms with Crippen LogP contribution in [0.5, 0.6) is 11.5 Å². The summed E-state index contributed by atoms with van der Waals surface area (Å²) in [7, 11) is 0. The Bertz CT molecular complexity index is 725. The average molecular weight is 385 g/mol. The van der Waals surface area contributed by atoms with E-state index < -0.39 is 25.2 Å². The molecule has 0 atom stereocenters. The summed E-state index contributed by atoms with van der Waals surface area (Å²) >= 11 is 12.0. The van der Waals surface area contributed by atoms with Gasteiger partial charge in [-0.15, -0.1) is 0 Å². The smallest absolute Gasteiger partial charge is 0.341 e. The molecule has 0 radical (unpaired) electrons. The van der Waals surface area contributed by atoms with E-state index in [9.17, 15) is 9.59 Å². The second kappa shape index (κ2) is 8.60. The van der Waals surface area contributed by atoms with Crippen LogP contribution in [0.25, 0.3) is 0 Å².